The van der Waals surface area contributed by atoms with Gasteiger partial charge in [-0.2, -0.15) is 0 Å². The minimum Gasteiger partial charge on any atom is -0.480 e. The molecular formula is C14H22N2O2. The first-order valence-electron chi connectivity index (χ1n) is 6.79. The summed E-state index contributed by atoms with van der Waals surface area (Å²) in [6.07, 6.45) is 8.45. The molecule has 1 fully saturated rings. The van der Waals surface area contributed by atoms with Gasteiger partial charge in [0.25, 0.3) is 0 Å². The van der Waals surface area contributed by atoms with Crippen molar-refractivity contribution in [2.75, 3.05) is 7.11 Å². The second-order valence-corrected chi connectivity index (χ2v) is 5.08. The van der Waals surface area contributed by atoms with E-state index in [4.69, 9.17) is 4.74 Å². The molecule has 1 atom stereocenters. The summed E-state index contributed by atoms with van der Waals surface area (Å²) in [4.78, 5) is 8.33. The monoisotopic (exact) mass is 250 g/mol. The average molecular weight is 250 g/mol. The molecular weight excluding hydrogens is 228 g/mol. The maximum absolute atomic E-state index is 10.4. The van der Waals surface area contributed by atoms with Gasteiger partial charge in [0.2, 0.25) is 5.88 Å². The van der Waals surface area contributed by atoms with Crippen LogP contribution in [0.5, 0.6) is 5.88 Å². The number of methoxy groups -OCH3 is 1. The van der Waals surface area contributed by atoms with E-state index in [1.807, 2.05) is 0 Å². The minimum atomic E-state index is -0.550. The quantitative estimate of drug-likeness (QED) is 0.892. The molecule has 0 amide bonds. The fraction of sp³-hybridized carbons (Fsp3) is 0.714. The molecule has 0 radical (unpaired) electrons. The Bertz CT molecular complexity index is 376. The Morgan fingerprint density at radius 1 is 1.28 bits per heavy atom. The molecule has 0 spiro atoms. The molecule has 2 rings (SSSR count). The number of aliphatic hydroxyl groups is 1. The lowest BCUT2D eigenvalue weighted by atomic mass is 9.78. The van der Waals surface area contributed by atoms with E-state index < -0.39 is 6.10 Å². The SMILES string of the molecule is CCC1CCC(C(O)c2nccnc2OC)CC1. The fourth-order valence-electron chi connectivity index (χ4n) is 2.83. The van der Waals surface area contributed by atoms with E-state index in [-0.39, 0.29) is 0 Å². The molecule has 1 unspecified atom stereocenters. The van der Waals surface area contributed by atoms with E-state index >= 15 is 0 Å². The third-order valence-electron chi connectivity index (χ3n) is 4.08. The van der Waals surface area contributed by atoms with Crippen molar-refractivity contribution in [1.29, 1.82) is 0 Å². The molecule has 18 heavy (non-hydrogen) atoms. The molecule has 1 aliphatic rings. The summed E-state index contributed by atoms with van der Waals surface area (Å²) >= 11 is 0. The van der Waals surface area contributed by atoms with Gasteiger partial charge in [-0.15, -0.1) is 0 Å². The van der Waals surface area contributed by atoms with Crippen molar-refractivity contribution >= 4 is 0 Å². The number of hydrogen-bond donors (Lipinski definition) is 1. The van der Waals surface area contributed by atoms with Crippen molar-refractivity contribution in [3.63, 3.8) is 0 Å². The number of ether oxygens (including phenoxy) is 1. The second kappa shape index (κ2) is 6.14. The van der Waals surface area contributed by atoms with Crippen LogP contribution in [-0.2, 0) is 0 Å². The molecule has 0 saturated heterocycles. The predicted octanol–water partition coefficient (Wildman–Crippen LogP) is 2.74. The van der Waals surface area contributed by atoms with Gasteiger partial charge in [0, 0.05) is 12.4 Å². The van der Waals surface area contributed by atoms with Crippen LogP contribution in [0.2, 0.25) is 0 Å². The van der Waals surface area contributed by atoms with E-state index in [0.717, 1.165) is 18.8 Å². The Labute approximate surface area is 108 Å². The van der Waals surface area contributed by atoms with Crippen LogP contribution in [-0.4, -0.2) is 22.2 Å². The zero-order chi connectivity index (χ0) is 13.0. The second-order valence-electron chi connectivity index (χ2n) is 5.08. The van der Waals surface area contributed by atoms with Gasteiger partial charge in [-0.3, -0.25) is 4.98 Å². The first kappa shape index (κ1) is 13.3. The van der Waals surface area contributed by atoms with Crippen molar-refractivity contribution < 1.29 is 9.84 Å². The predicted molar refractivity (Wildman–Crippen MR) is 69.3 cm³/mol. The van der Waals surface area contributed by atoms with Gasteiger partial charge in [-0.05, 0) is 24.7 Å². The van der Waals surface area contributed by atoms with Crippen LogP contribution >= 0.6 is 0 Å². The molecule has 1 aromatic heterocycles. The van der Waals surface area contributed by atoms with Gasteiger partial charge in [0.15, 0.2) is 0 Å². The van der Waals surface area contributed by atoms with Crippen LogP contribution < -0.4 is 4.74 Å². The standard InChI is InChI=1S/C14H22N2O2/c1-3-10-4-6-11(7-5-10)13(17)12-14(18-2)16-9-8-15-12/h8-11,13,17H,3-7H2,1-2H3. The summed E-state index contributed by atoms with van der Waals surface area (Å²) in [6.45, 7) is 2.24. The summed E-state index contributed by atoms with van der Waals surface area (Å²) in [7, 11) is 1.56. The lowest BCUT2D eigenvalue weighted by Crippen LogP contribution is -2.21. The summed E-state index contributed by atoms with van der Waals surface area (Å²) in [5, 5.41) is 10.4. The first-order chi connectivity index (χ1) is 8.76. The molecule has 1 heterocycles. The summed E-state index contributed by atoms with van der Waals surface area (Å²) < 4.78 is 5.17. The van der Waals surface area contributed by atoms with E-state index in [9.17, 15) is 5.11 Å². The van der Waals surface area contributed by atoms with Gasteiger partial charge < -0.3 is 9.84 Å². The van der Waals surface area contributed by atoms with Crippen molar-refractivity contribution in [2.24, 2.45) is 11.8 Å². The van der Waals surface area contributed by atoms with E-state index in [0.29, 0.717) is 17.5 Å². The van der Waals surface area contributed by atoms with Crippen molar-refractivity contribution in [2.45, 2.75) is 45.1 Å². The Morgan fingerprint density at radius 3 is 2.56 bits per heavy atom. The highest BCUT2D eigenvalue weighted by Crippen LogP contribution is 2.38. The molecule has 1 saturated carbocycles. The van der Waals surface area contributed by atoms with Crippen molar-refractivity contribution in [1.82, 2.24) is 9.97 Å². The van der Waals surface area contributed by atoms with Crippen molar-refractivity contribution in [3.05, 3.63) is 18.1 Å². The largest absolute Gasteiger partial charge is 0.480 e. The molecule has 1 aromatic rings. The Morgan fingerprint density at radius 2 is 1.94 bits per heavy atom. The third kappa shape index (κ3) is 2.80. The summed E-state index contributed by atoms with van der Waals surface area (Å²) in [5.74, 6) is 1.57. The van der Waals surface area contributed by atoms with Crippen LogP contribution in [0, 0.1) is 11.8 Å². The first-order valence-corrected chi connectivity index (χ1v) is 6.79. The smallest absolute Gasteiger partial charge is 0.238 e. The molecule has 100 valence electrons. The molecule has 1 aliphatic carbocycles. The van der Waals surface area contributed by atoms with Gasteiger partial charge >= 0.3 is 0 Å². The highest BCUT2D eigenvalue weighted by Gasteiger charge is 2.29. The molecule has 4 heteroatoms. The summed E-state index contributed by atoms with van der Waals surface area (Å²) in [6, 6.07) is 0. The lowest BCUT2D eigenvalue weighted by Gasteiger charge is -2.30. The lowest BCUT2D eigenvalue weighted by molar-refractivity contribution is 0.0667. The fourth-order valence-corrected chi connectivity index (χ4v) is 2.83. The maximum atomic E-state index is 10.4. The number of aromatic nitrogens is 2. The van der Waals surface area contributed by atoms with E-state index in [1.165, 1.54) is 19.3 Å². The molecule has 4 nitrogen and oxygen atoms in total. The average Bonchev–Trinajstić information content (AvgIpc) is 2.46. The maximum Gasteiger partial charge on any atom is 0.238 e. The highest BCUT2D eigenvalue weighted by atomic mass is 16.5. The molecule has 0 bridgehead atoms. The summed E-state index contributed by atoms with van der Waals surface area (Å²) in [5.41, 5.74) is 0.583. The number of aliphatic hydroxyl groups excluding tert-OH is 1. The van der Waals surface area contributed by atoms with Crippen LogP contribution in [0.15, 0.2) is 12.4 Å². The zero-order valence-corrected chi connectivity index (χ0v) is 11.2. The van der Waals surface area contributed by atoms with Crippen LogP contribution in [0.25, 0.3) is 0 Å². The minimum absolute atomic E-state index is 0.290. The Hall–Kier alpha value is -1.16. The van der Waals surface area contributed by atoms with Gasteiger partial charge in [-0.25, -0.2) is 4.98 Å². The Kier molecular flexibility index (Phi) is 4.53. The van der Waals surface area contributed by atoms with Crippen molar-refractivity contribution in [3.8, 4) is 5.88 Å². The number of nitrogens with zero attached hydrogens (tertiary/aromatic N) is 2. The normalized spacial score (nSPS) is 25.7. The highest BCUT2D eigenvalue weighted by molar-refractivity contribution is 5.20. The number of hydrogen-bond acceptors (Lipinski definition) is 4. The third-order valence-corrected chi connectivity index (χ3v) is 4.08. The van der Waals surface area contributed by atoms with E-state index in [1.54, 1.807) is 19.5 Å². The Balaban J connectivity index is 2.05. The van der Waals surface area contributed by atoms with Gasteiger partial charge in [-0.1, -0.05) is 26.2 Å². The van der Waals surface area contributed by atoms with Gasteiger partial charge in [0.05, 0.1) is 7.11 Å². The zero-order valence-electron chi connectivity index (χ0n) is 11.2. The van der Waals surface area contributed by atoms with E-state index in [2.05, 4.69) is 16.9 Å². The van der Waals surface area contributed by atoms with Gasteiger partial charge in [0.1, 0.15) is 11.8 Å². The van der Waals surface area contributed by atoms with Crippen LogP contribution in [0.3, 0.4) is 0 Å². The number of rotatable bonds is 4. The van der Waals surface area contributed by atoms with Crippen LogP contribution in [0.4, 0.5) is 0 Å². The molecule has 0 aromatic carbocycles. The molecule has 1 N–H and O–H groups in total. The van der Waals surface area contributed by atoms with Crippen LogP contribution in [0.1, 0.15) is 50.8 Å². The molecule has 0 aliphatic heterocycles. The topological polar surface area (TPSA) is 55.2 Å².